The van der Waals surface area contributed by atoms with E-state index in [1.54, 1.807) is 0 Å². The topological polar surface area (TPSA) is 66.4 Å². The predicted octanol–water partition coefficient (Wildman–Crippen LogP) is 4.95. The van der Waals surface area contributed by atoms with E-state index in [1.165, 1.54) is 12.1 Å². The number of rotatable bonds is 4. The first kappa shape index (κ1) is 20.3. The lowest BCUT2D eigenvalue weighted by Gasteiger charge is -2.44. The summed E-state index contributed by atoms with van der Waals surface area (Å²) in [6.45, 7) is 5.92. The van der Waals surface area contributed by atoms with Gasteiger partial charge in [0.25, 0.3) is 0 Å². The normalized spacial score (nSPS) is 25.5. The quantitative estimate of drug-likeness (QED) is 0.787. The lowest BCUT2D eigenvalue weighted by Crippen LogP contribution is -2.44. The molecule has 1 saturated carbocycles. The number of hydrogen-bond acceptors (Lipinski definition) is 2. The number of nitrogens with one attached hydrogen (secondary N) is 1. The molecule has 0 radical (unpaired) electrons. The number of hydrogen-bond donors (Lipinski definition) is 2. The largest absolute Gasteiger partial charge is 0.481 e. The first-order valence-electron chi connectivity index (χ1n) is 8.54. The average Bonchev–Trinajstić information content (AvgIpc) is 2.43. The van der Waals surface area contributed by atoms with E-state index in [-0.39, 0.29) is 23.4 Å². The molecule has 1 fully saturated rings. The van der Waals surface area contributed by atoms with Gasteiger partial charge < -0.3 is 10.4 Å². The van der Waals surface area contributed by atoms with Crippen LogP contribution in [0.3, 0.4) is 0 Å². The van der Waals surface area contributed by atoms with Crippen LogP contribution in [0.25, 0.3) is 0 Å². The van der Waals surface area contributed by atoms with Gasteiger partial charge in [0, 0.05) is 12.1 Å². The number of benzene rings is 1. The highest BCUT2D eigenvalue weighted by Gasteiger charge is 2.49. The summed E-state index contributed by atoms with van der Waals surface area (Å²) in [6, 6.07) is 4.32. The van der Waals surface area contributed by atoms with E-state index < -0.39 is 29.0 Å². The maximum absolute atomic E-state index is 12.8. The van der Waals surface area contributed by atoms with Crippen molar-refractivity contribution in [1.29, 1.82) is 0 Å². The van der Waals surface area contributed by atoms with Crippen LogP contribution >= 0.6 is 0 Å². The SMILES string of the molecule is CC1CC(C)(C)CC(CC(=O)Nc2cccc(C(F)(F)F)c2)(C(=O)O)C1. The zero-order valence-corrected chi connectivity index (χ0v) is 15.1. The van der Waals surface area contributed by atoms with Crippen molar-refractivity contribution < 1.29 is 27.9 Å². The van der Waals surface area contributed by atoms with E-state index in [1.807, 2.05) is 20.8 Å². The Morgan fingerprint density at radius 3 is 2.46 bits per heavy atom. The number of anilines is 1. The van der Waals surface area contributed by atoms with Gasteiger partial charge in [-0.05, 0) is 48.8 Å². The highest BCUT2D eigenvalue weighted by Crippen LogP contribution is 2.50. The molecule has 0 spiro atoms. The third-order valence-electron chi connectivity index (χ3n) is 4.88. The molecule has 2 atom stereocenters. The molecule has 2 rings (SSSR count). The first-order chi connectivity index (χ1) is 11.8. The number of aliphatic carboxylic acids is 1. The fourth-order valence-corrected chi connectivity index (χ4v) is 4.40. The smallest absolute Gasteiger partial charge is 0.416 e. The fraction of sp³-hybridized carbons (Fsp3) is 0.579. The standard InChI is InChI=1S/C19H24F3NO3/c1-12-8-17(2,3)11-18(9-12,16(25)26)10-15(24)23-14-6-4-5-13(7-14)19(20,21)22/h4-7,12H,8-11H2,1-3H3,(H,23,24)(H,25,26). The summed E-state index contributed by atoms with van der Waals surface area (Å²) in [6.07, 6.45) is -3.16. The second-order valence-corrected chi connectivity index (χ2v) is 8.24. The highest BCUT2D eigenvalue weighted by molar-refractivity contribution is 5.94. The summed E-state index contributed by atoms with van der Waals surface area (Å²) in [5.74, 6) is -1.47. The van der Waals surface area contributed by atoms with Gasteiger partial charge in [-0.15, -0.1) is 0 Å². The van der Waals surface area contributed by atoms with Crippen LogP contribution in [0, 0.1) is 16.7 Å². The Morgan fingerprint density at radius 1 is 1.27 bits per heavy atom. The van der Waals surface area contributed by atoms with Crippen LogP contribution in [-0.4, -0.2) is 17.0 Å². The molecule has 7 heteroatoms. The second-order valence-electron chi connectivity index (χ2n) is 8.24. The molecule has 144 valence electrons. The molecular weight excluding hydrogens is 347 g/mol. The summed E-state index contributed by atoms with van der Waals surface area (Å²) in [5.41, 5.74) is -2.27. The van der Waals surface area contributed by atoms with E-state index in [9.17, 15) is 27.9 Å². The van der Waals surface area contributed by atoms with Gasteiger partial charge in [0.1, 0.15) is 0 Å². The molecule has 1 amide bonds. The Bertz CT molecular complexity index is 700. The Balaban J connectivity index is 2.18. The Labute approximate surface area is 150 Å². The van der Waals surface area contributed by atoms with Crippen LogP contribution in [0.2, 0.25) is 0 Å². The molecule has 0 aromatic heterocycles. The Hall–Kier alpha value is -2.05. The first-order valence-corrected chi connectivity index (χ1v) is 8.54. The summed E-state index contributed by atoms with van der Waals surface area (Å²) >= 11 is 0. The van der Waals surface area contributed by atoms with Gasteiger partial charge in [-0.25, -0.2) is 0 Å². The van der Waals surface area contributed by atoms with Crippen molar-refractivity contribution in [2.24, 2.45) is 16.7 Å². The van der Waals surface area contributed by atoms with Crippen molar-refractivity contribution >= 4 is 17.6 Å². The number of carbonyl (C=O) groups excluding carboxylic acids is 1. The summed E-state index contributed by atoms with van der Waals surface area (Å²) in [5, 5.41) is 12.2. The average molecular weight is 371 g/mol. The maximum Gasteiger partial charge on any atom is 0.416 e. The van der Waals surface area contributed by atoms with Crippen molar-refractivity contribution in [1.82, 2.24) is 0 Å². The molecule has 0 saturated heterocycles. The van der Waals surface area contributed by atoms with Gasteiger partial charge in [0.05, 0.1) is 11.0 Å². The monoisotopic (exact) mass is 371 g/mol. The third-order valence-corrected chi connectivity index (χ3v) is 4.88. The second kappa shape index (κ2) is 6.93. The Morgan fingerprint density at radius 2 is 1.92 bits per heavy atom. The van der Waals surface area contributed by atoms with Crippen LogP contribution < -0.4 is 5.32 Å². The summed E-state index contributed by atoms with van der Waals surface area (Å²) in [4.78, 5) is 24.4. The number of amides is 1. The van der Waals surface area contributed by atoms with Gasteiger partial charge in [-0.3, -0.25) is 9.59 Å². The molecule has 0 aliphatic heterocycles. The summed E-state index contributed by atoms with van der Waals surface area (Å²) < 4.78 is 38.3. The minimum Gasteiger partial charge on any atom is -0.481 e. The van der Waals surface area contributed by atoms with E-state index in [2.05, 4.69) is 5.32 Å². The van der Waals surface area contributed by atoms with Crippen molar-refractivity contribution in [2.75, 3.05) is 5.32 Å². The van der Waals surface area contributed by atoms with Crippen LogP contribution in [0.1, 0.15) is 52.0 Å². The molecule has 1 aromatic rings. The molecule has 1 aliphatic rings. The molecule has 0 bridgehead atoms. The van der Waals surface area contributed by atoms with Gasteiger partial charge in [0.15, 0.2) is 0 Å². The van der Waals surface area contributed by atoms with Gasteiger partial charge in [0.2, 0.25) is 5.91 Å². The van der Waals surface area contributed by atoms with Crippen LogP contribution in [0.4, 0.5) is 18.9 Å². The van der Waals surface area contributed by atoms with Crippen LogP contribution in [-0.2, 0) is 15.8 Å². The molecule has 2 unspecified atom stereocenters. The number of halogens is 3. The highest BCUT2D eigenvalue weighted by atomic mass is 19.4. The molecule has 26 heavy (non-hydrogen) atoms. The minimum atomic E-state index is -4.51. The molecule has 1 aromatic carbocycles. The van der Waals surface area contributed by atoms with Crippen LogP contribution in [0.5, 0.6) is 0 Å². The molecule has 1 aliphatic carbocycles. The lowest BCUT2D eigenvalue weighted by molar-refractivity contribution is -0.157. The lowest BCUT2D eigenvalue weighted by atomic mass is 9.59. The predicted molar refractivity (Wildman–Crippen MR) is 91.6 cm³/mol. The minimum absolute atomic E-state index is 0.00785. The Kier molecular flexibility index (Phi) is 5.40. The zero-order chi connectivity index (χ0) is 19.8. The zero-order valence-electron chi connectivity index (χ0n) is 15.1. The number of carboxylic acids is 1. The molecular formula is C19H24F3NO3. The van der Waals surface area contributed by atoms with E-state index >= 15 is 0 Å². The van der Waals surface area contributed by atoms with Crippen molar-refractivity contribution in [3.8, 4) is 0 Å². The van der Waals surface area contributed by atoms with Gasteiger partial charge >= 0.3 is 12.1 Å². The molecule has 0 heterocycles. The molecule has 2 N–H and O–H groups in total. The number of alkyl halides is 3. The van der Waals surface area contributed by atoms with E-state index in [0.29, 0.717) is 12.8 Å². The van der Waals surface area contributed by atoms with Crippen LogP contribution in [0.15, 0.2) is 24.3 Å². The van der Waals surface area contributed by atoms with E-state index in [0.717, 1.165) is 18.6 Å². The van der Waals surface area contributed by atoms with Gasteiger partial charge in [-0.2, -0.15) is 13.2 Å². The fourth-order valence-electron chi connectivity index (χ4n) is 4.40. The van der Waals surface area contributed by atoms with E-state index in [4.69, 9.17) is 0 Å². The number of carbonyl (C=O) groups is 2. The third kappa shape index (κ3) is 4.77. The molecule has 4 nitrogen and oxygen atoms in total. The van der Waals surface area contributed by atoms with Crippen molar-refractivity contribution in [3.63, 3.8) is 0 Å². The number of carboxylic acid groups (broad SMARTS) is 1. The van der Waals surface area contributed by atoms with Crippen molar-refractivity contribution in [2.45, 2.75) is 52.6 Å². The maximum atomic E-state index is 12.8. The van der Waals surface area contributed by atoms with Crippen molar-refractivity contribution in [3.05, 3.63) is 29.8 Å². The summed E-state index contributed by atoms with van der Waals surface area (Å²) in [7, 11) is 0. The van der Waals surface area contributed by atoms with Gasteiger partial charge in [-0.1, -0.05) is 26.8 Å².